The van der Waals surface area contributed by atoms with Crippen LogP contribution in [0.2, 0.25) is 0 Å². The van der Waals surface area contributed by atoms with Crippen molar-refractivity contribution < 1.29 is 23.9 Å². The number of carbonyl (C=O) groups is 3. The Balaban J connectivity index is 1.43. The number of esters is 1. The predicted octanol–water partition coefficient (Wildman–Crippen LogP) is 4.57. The van der Waals surface area contributed by atoms with Crippen LogP contribution in [-0.4, -0.2) is 41.1 Å². The second kappa shape index (κ2) is 10.7. The van der Waals surface area contributed by atoms with Crippen LogP contribution < -0.4 is 10.1 Å². The van der Waals surface area contributed by atoms with Crippen LogP contribution in [0.4, 0.5) is 0 Å². The quantitative estimate of drug-likeness (QED) is 0.382. The molecule has 0 bridgehead atoms. The van der Waals surface area contributed by atoms with Gasteiger partial charge in [0.15, 0.2) is 6.61 Å². The van der Waals surface area contributed by atoms with Crippen LogP contribution in [0.25, 0.3) is 22.6 Å². The summed E-state index contributed by atoms with van der Waals surface area (Å²) in [5.41, 5.74) is 5.02. The number of amides is 2. The molecule has 0 saturated heterocycles. The Labute approximate surface area is 219 Å². The highest BCUT2D eigenvalue weighted by atomic mass is 16.5. The number of hydrogen-bond acceptors (Lipinski definition) is 6. The van der Waals surface area contributed by atoms with Gasteiger partial charge < -0.3 is 14.0 Å². The van der Waals surface area contributed by atoms with Crippen LogP contribution in [-0.2, 0) is 23.0 Å². The minimum absolute atomic E-state index is 0.329. The molecule has 0 aliphatic heterocycles. The average molecular weight is 510 g/mol. The number of aromatic nitrogens is 2. The van der Waals surface area contributed by atoms with Crippen molar-refractivity contribution in [2.45, 2.75) is 19.3 Å². The molecule has 8 nitrogen and oxygen atoms in total. The Morgan fingerprint density at radius 3 is 2.55 bits per heavy atom. The van der Waals surface area contributed by atoms with Crippen LogP contribution in [0.5, 0.6) is 5.75 Å². The van der Waals surface area contributed by atoms with Gasteiger partial charge in [-0.1, -0.05) is 30.3 Å². The summed E-state index contributed by atoms with van der Waals surface area (Å²) >= 11 is 0. The summed E-state index contributed by atoms with van der Waals surface area (Å²) in [4.78, 5) is 43.0. The van der Waals surface area contributed by atoms with Gasteiger partial charge in [-0.2, -0.15) is 0 Å². The van der Waals surface area contributed by atoms with Crippen molar-refractivity contribution >= 4 is 40.3 Å². The van der Waals surface area contributed by atoms with Gasteiger partial charge >= 0.3 is 5.97 Å². The first-order valence-electron chi connectivity index (χ1n) is 12.3. The van der Waals surface area contributed by atoms with Gasteiger partial charge in [0.1, 0.15) is 11.4 Å². The molecule has 38 heavy (non-hydrogen) atoms. The van der Waals surface area contributed by atoms with Crippen molar-refractivity contribution in [2.75, 3.05) is 13.7 Å². The Bertz CT molecular complexity index is 1570. The first kappa shape index (κ1) is 25.0. The zero-order valence-corrected chi connectivity index (χ0v) is 21.2. The summed E-state index contributed by atoms with van der Waals surface area (Å²) in [6.07, 6.45) is 6.12. The topological polar surface area (TPSA) is 99.5 Å². The minimum Gasteiger partial charge on any atom is -0.497 e. The van der Waals surface area contributed by atoms with Crippen molar-refractivity contribution in [1.29, 1.82) is 0 Å². The molecule has 1 aliphatic carbocycles. The maximum absolute atomic E-state index is 13.4. The molecule has 5 rings (SSSR count). The SMILES string of the molecule is COc1ccc(/C=C2\CCCc3c2nc2ccccc2c3C(=O)OCC(=O)NC(=O)c2cccn2C)cc1. The third-order valence-corrected chi connectivity index (χ3v) is 6.59. The summed E-state index contributed by atoms with van der Waals surface area (Å²) in [5, 5.41) is 2.93. The van der Waals surface area contributed by atoms with E-state index in [0.717, 1.165) is 41.0 Å². The van der Waals surface area contributed by atoms with Gasteiger partial charge in [-0.05, 0) is 72.4 Å². The molecular formula is C30H27N3O5. The maximum atomic E-state index is 13.4. The molecule has 192 valence electrons. The van der Waals surface area contributed by atoms with Gasteiger partial charge in [0, 0.05) is 18.6 Å². The van der Waals surface area contributed by atoms with Crippen LogP contribution in [0.15, 0.2) is 66.9 Å². The van der Waals surface area contributed by atoms with Crippen molar-refractivity contribution in [3.63, 3.8) is 0 Å². The maximum Gasteiger partial charge on any atom is 0.339 e. The molecule has 1 N–H and O–H groups in total. The van der Waals surface area contributed by atoms with Crippen molar-refractivity contribution in [3.8, 4) is 5.75 Å². The highest BCUT2D eigenvalue weighted by Crippen LogP contribution is 2.36. The van der Waals surface area contributed by atoms with Gasteiger partial charge in [0.2, 0.25) is 0 Å². The number of fused-ring (bicyclic) bond motifs is 2. The fourth-order valence-electron chi connectivity index (χ4n) is 4.74. The van der Waals surface area contributed by atoms with Crippen LogP contribution in [0, 0.1) is 0 Å². The lowest BCUT2D eigenvalue weighted by Crippen LogP contribution is -2.35. The Hall–Kier alpha value is -4.72. The molecular weight excluding hydrogens is 482 g/mol. The lowest BCUT2D eigenvalue weighted by molar-refractivity contribution is -0.123. The van der Waals surface area contributed by atoms with Crippen LogP contribution in [0.3, 0.4) is 0 Å². The number of allylic oxidation sites excluding steroid dienone is 1. The molecule has 0 unspecified atom stereocenters. The van der Waals surface area contributed by atoms with Gasteiger partial charge in [0.05, 0.1) is 23.9 Å². The molecule has 0 spiro atoms. The van der Waals surface area contributed by atoms with E-state index in [-0.39, 0.29) is 0 Å². The van der Waals surface area contributed by atoms with Crippen molar-refractivity contribution in [2.24, 2.45) is 7.05 Å². The largest absolute Gasteiger partial charge is 0.497 e. The fourth-order valence-corrected chi connectivity index (χ4v) is 4.74. The third kappa shape index (κ3) is 5.06. The van der Waals surface area contributed by atoms with Gasteiger partial charge in [0.25, 0.3) is 11.8 Å². The number of aryl methyl sites for hydroxylation is 1. The smallest absolute Gasteiger partial charge is 0.339 e. The number of ether oxygens (including phenoxy) is 2. The standard InChI is InChI=1S/C30H27N3O5/c1-33-16-6-11-25(33)29(35)32-26(34)18-38-30(36)27-22-8-3-4-10-24(22)31-28-20(7-5-9-23(27)28)17-19-12-14-21(37-2)15-13-19/h3-4,6,8,10-17H,5,7,9,18H2,1-2H3,(H,32,34,35)/b20-17+. The van der Waals surface area contributed by atoms with E-state index in [9.17, 15) is 14.4 Å². The highest BCUT2D eigenvalue weighted by Gasteiger charge is 2.26. The predicted molar refractivity (Wildman–Crippen MR) is 144 cm³/mol. The normalized spacial score (nSPS) is 13.7. The minimum atomic E-state index is -0.697. The average Bonchev–Trinajstić information content (AvgIpc) is 3.37. The first-order chi connectivity index (χ1) is 18.4. The fraction of sp³-hybridized carbons (Fsp3) is 0.200. The van der Waals surface area contributed by atoms with Gasteiger partial charge in [-0.15, -0.1) is 0 Å². The molecule has 2 amide bonds. The second-order valence-corrected chi connectivity index (χ2v) is 9.09. The molecule has 0 radical (unpaired) electrons. The summed E-state index contributed by atoms with van der Waals surface area (Å²) in [6, 6.07) is 18.5. The second-order valence-electron chi connectivity index (χ2n) is 9.09. The van der Waals surface area contributed by atoms with Gasteiger partial charge in [-0.3, -0.25) is 14.9 Å². The highest BCUT2D eigenvalue weighted by molar-refractivity contribution is 6.08. The summed E-state index contributed by atoms with van der Waals surface area (Å²) < 4.78 is 12.3. The Morgan fingerprint density at radius 1 is 1.03 bits per heavy atom. The molecule has 4 aromatic rings. The number of benzene rings is 2. The molecule has 8 heteroatoms. The monoisotopic (exact) mass is 509 g/mol. The van der Waals surface area contributed by atoms with Crippen LogP contribution >= 0.6 is 0 Å². The third-order valence-electron chi connectivity index (χ3n) is 6.59. The summed E-state index contributed by atoms with van der Waals surface area (Å²) in [6.45, 7) is -0.574. The molecule has 2 aromatic heterocycles. The van der Waals surface area contributed by atoms with E-state index in [0.29, 0.717) is 28.6 Å². The number of carbonyl (C=O) groups excluding carboxylic acids is 3. The number of rotatable bonds is 6. The van der Waals surface area contributed by atoms with Crippen molar-refractivity contribution in [1.82, 2.24) is 14.9 Å². The van der Waals surface area contributed by atoms with E-state index in [1.807, 2.05) is 48.5 Å². The van der Waals surface area contributed by atoms with E-state index >= 15 is 0 Å². The number of hydrogen-bond donors (Lipinski definition) is 1. The molecule has 1 aliphatic rings. The van der Waals surface area contributed by atoms with Gasteiger partial charge in [-0.25, -0.2) is 9.78 Å². The number of pyridine rings is 1. The van der Waals surface area contributed by atoms with E-state index in [1.165, 1.54) is 0 Å². The summed E-state index contributed by atoms with van der Waals surface area (Å²) in [7, 11) is 3.33. The summed E-state index contributed by atoms with van der Waals surface area (Å²) in [5.74, 6) is -1.10. The number of nitrogens with zero attached hydrogens (tertiary/aromatic N) is 2. The van der Waals surface area contributed by atoms with E-state index < -0.39 is 24.4 Å². The molecule has 0 atom stereocenters. The first-order valence-corrected chi connectivity index (χ1v) is 12.3. The number of methoxy groups -OCH3 is 1. The van der Waals surface area contributed by atoms with E-state index in [1.54, 1.807) is 37.1 Å². The molecule has 0 fully saturated rings. The lowest BCUT2D eigenvalue weighted by Gasteiger charge is -2.22. The zero-order chi connectivity index (χ0) is 26.6. The molecule has 2 aromatic carbocycles. The lowest BCUT2D eigenvalue weighted by atomic mass is 9.86. The molecule has 2 heterocycles. The Morgan fingerprint density at radius 2 is 1.82 bits per heavy atom. The number of para-hydroxylation sites is 1. The van der Waals surface area contributed by atoms with Crippen molar-refractivity contribution in [3.05, 3.63) is 94.9 Å². The molecule has 0 saturated carbocycles. The number of nitrogens with one attached hydrogen (secondary N) is 1. The van der Waals surface area contributed by atoms with E-state index in [2.05, 4.69) is 11.4 Å². The zero-order valence-electron chi connectivity index (χ0n) is 21.2. The van der Waals surface area contributed by atoms with E-state index in [4.69, 9.17) is 14.5 Å². The Kier molecular flexibility index (Phi) is 7.04. The number of imide groups is 1. The van der Waals surface area contributed by atoms with Crippen LogP contribution in [0.1, 0.15) is 50.5 Å².